The minimum absolute atomic E-state index is 0.0514. The van der Waals surface area contributed by atoms with Gasteiger partial charge in [-0.15, -0.1) is 0 Å². The Morgan fingerprint density at radius 1 is 1.71 bits per heavy atom. The second-order valence-corrected chi connectivity index (χ2v) is 4.45. The van der Waals surface area contributed by atoms with Crippen LogP contribution in [0, 0.1) is 0 Å². The molecule has 1 aromatic rings. The molecule has 1 atom stereocenters. The fourth-order valence-corrected chi connectivity index (χ4v) is 2.01. The van der Waals surface area contributed by atoms with Gasteiger partial charge in [0.2, 0.25) is 5.91 Å². The van der Waals surface area contributed by atoms with Gasteiger partial charge in [-0.3, -0.25) is 9.69 Å². The maximum absolute atomic E-state index is 11.7. The third-order valence-electron chi connectivity index (χ3n) is 2.86. The van der Waals surface area contributed by atoms with E-state index in [9.17, 15) is 4.79 Å². The summed E-state index contributed by atoms with van der Waals surface area (Å²) in [6.07, 6.45) is 1.61. The van der Waals surface area contributed by atoms with E-state index in [1.807, 2.05) is 12.1 Å². The van der Waals surface area contributed by atoms with Crippen molar-refractivity contribution in [3.63, 3.8) is 0 Å². The molecular weight excluding hydrogens is 218 g/mol. The molecule has 2 heterocycles. The zero-order valence-corrected chi connectivity index (χ0v) is 10.1. The molecule has 0 unspecified atom stereocenters. The van der Waals surface area contributed by atoms with Gasteiger partial charge in [0.15, 0.2) is 0 Å². The van der Waals surface area contributed by atoms with Crippen molar-refractivity contribution in [3.05, 3.63) is 24.2 Å². The molecule has 1 fully saturated rings. The number of furan rings is 1. The number of rotatable bonds is 4. The fourth-order valence-electron chi connectivity index (χ4n) is 2.01. The molecule has 0 bridgehead atoms. The number of hydrogen-bond donors (Lipinski definition) is 2. The maximum atomic E-state index is 11.7. The minimum atomic E-state index is 0.0514. The van der Waals surface area contributed by atoms with Gasteiger partial charge in [0.05, 0.1) is 19.4 Å². The molecule has 0 aliphatic carbocycles. The Kier molecular flexibility index (Phi) is 4.17. The van der Waals surface area contributed by atoms with Gasteiger partial charge >= 0.3 is 0 Å². The summed E-state index contributed by atoms with van der Waals surface area (Å²) in [5.74, 6) is 0.836. The van der Waals surface area contributed by atoms with E-state index < -0.39 is 0 Å². The van der Waals surface area contributed by atoms with Crippen LogP contribution in [-0.2, 0) is 11.3 Å². The summed E-state index contributed by atoms with van der Waals surface area (Å²) < 4.78 is 5.15. The van der Waals surface area contributed by atoms with Crippen molar-refractivity contribution in [1.82, 2.24) is 15.5 Å². The van der Waals surface area contributed by atoms with Crippen LogP contribution in [0.15, 0.2) is 22.8 Å². The molecule has 1 aliphatic rings. The number of nitrogens with one attached hydrogen (secondary N) is 2. The number of carbonyl (C=O) groups excluding carboxylic acids is 1. The third kappa shape index (κ3) is 3.87. The van der Waals surface area contributed by atoms with Crippen LogP contribution < -0.4 is 10.6 Å². The highest BCUT2D eigenvalue weighted by Crippen LogP contribution is 2.00. The second-order valence-electron chi connectivity index (χ2n) is 4.45. The van der Waals surface area contributed by atoms with Crippen molar-refractivity contribution in [3.8, 4) is 0 Å². The van der Waals surface area contributed by atoms with E-state index in [0.29, 0.717) is 19.1 Å². The summed E-state index contributed by atoms with van der Waals surface area (Å²) in [7, 11) is 0. The zero-order chi connectivity index (χ0) is 12.1. The summed E-state index contributed by atoms with van der Waals surface area (Å²) in [6, 6.07) is 4.13. The first-order valence-electron chi connectivity index (χ1n) is 5.99. The largest absolute Gasteiger partial charge is 0.467 e. The van der Waals surface area contributed by atoms with Crippen molar-refractivity contribution < 1.29 is 9.21 Å². The smallest absolute Gasteiger partial charge is 0.234 e. The molecule has 17 heavy (non-hydrogen) atoms. The fraction of sp³-hybridized carbons (Fsp3) is 0.583. The van der Waals surface area contributed by atoms with Gasteiger partial charge in [-0.1, -0.05) is 0 Å². The van der Waals surface area contributed by atoms with E-state index in [1.165, 1.54) is 0 Å². The van der Waals surface area contributed by atoms with Crippen molar-refractivity contribution in [2.24, 2.45) is 0 Å². The average molecular weight is 237 g/mol. The maximum Gasteiger partial charge on any atom is 0.234 e. The van der Waals surface area contributed by atoms with E-state index in [4.69, 9.17) is 4.42 Å². The molecule has 1 saturated heterocycles. The van der Waals surface area contributed by atoms with Crippen LogP contribution >= 0.6 is 0 Å². The Bertz CT molecular complexity index is 351. The Hall–Kier alpha value is -1.33. The zero-order valence-electron chi connectivity index (χ0n) is 10.1. The Morgan fingerprint density at radius 3 is 3.29 bits per heavy atom. The highest BCUT2D eigenvalue weighted by atomic mass is 16.3. The molecule has 5 heteroatoms. The van der Waals surface area contributed by atoms with E-state index in [-0.39, 0.29) is 5.91 Å². The molecule has 5 nitrogen and oxygen atoms in total. The van der Waals surface area contributed by atoms with Gasteiger partial charge in [-0.25, -0.2) is 0 Å². The van der Waals surface area contributed by atoms with Crippen molar-refractivity contribution in [2.75, 3.05) is 26.2 Å². The lowest BCUT2D eigenvalue weighted by Crippen LogP contribution is -2.51. The third-order valence-corrected chi connectivity index (χ3v) is 2.86. The molecule has 1 aromatic heterocycles. The molecule has 94 valence electrons. The number of amides is 1. The standard InChI is InChI=1S/C12H19N3O2/c1-10-8-15(5-4-13-10)9-12(16)14-7-11-3-2-6-17-11/h2-3,6,10,13H,4-5,7-9H2,1H3,(H,14,16)/t10-/m0/s1. The van der Waals surface area contributed by atoms with Crippen molar-refractivity contribution in [1.29, 1.82) is 0 Å². The first-order valence-corrected chi connectivity index (χ1v) is 5.99. The van der Waals surface area contributed by atoms with Crippen LogP contribution in [0.1, 0.15) is 12.7 Å². The lowest BCUT2D eigenvalue weighted by molar-refractivity contribution is -0.122. The molecule has 0 aromatic carbocycles. The Morgan fingerprint density at radius 2 is 2.59 bits per heavy atom. The molecule has 1 amide bonds. The van der Waals surface area contributed by atoms with E-state index in [1.54, 1.807) is 6.26 Å². The number of piperazine rings is 1. The quantitative estimate of drug-likeness (QED) is 0.785. The topological polar surface area (TPSA) is 57.5 Å². The summed E-state index contributed by atoms with van der Waals surface area (Å²) >= 11 is 0. The summed E-state index contributed by atoms with van der Waals surface area (Å²) in [4.78, 5) is 13.9. The second kappa shape index (κ2) is 5.84. The van der Waals surface area contributed by atoms with E-state index in [2.05, 4.69) is 22.5 Å². The van der Waals surface area contributed by atoms with Crippen LogP contribution in [0.25, 0.3) is 0 Å². The van der Waals surface area contributed by atoms with Crippen molar-refractivity contribution >= 4 is 5.91 Å². The molecule has 2 rings (SSSR count). The minimum Gasteiger partial charge on any atom is -0.467 e. The molecule has 0 radical (unpaired) electrons. The predicted molar refractivity (Wildman–Crippen MR) is 64.5 cm³/mol. The number of hydrogen-bond acceptors (Lipinski definition) is 4. The van der Waals surface area contributed by atoms with E-state index >= 15 is 0 Å². The highest BCUT2D eigenvalue weighted by Gasteiger charge is 2.17. The van der Waals surface area contributed by atoms with Crippen LogP contribution in [0.2, 0.25) is 0 Å². The summed E-state index contributed by atoms with van der Waals surface area (Å²) in [6.45, 7) is 5.87. The Balaban J connectivity index is 1.70. The lowest BCUT2D eigenvalue weighted by atomic mass is 10.2. The molecule has 1 aliphatic heterocycles. The first kappa shape index (κ1) is 12.1. The van der Waals surface area contributed by atoms with Gasteiger partial charge in [0, 0.05) is 25.7 Å². The SMILES string of the molecule is C[C@H]1CN(CC(=O)NCc2ccco2)CCN1. The van der Waals surface area contributed by atoms with Crippen LogP contribution in [0.5, 0.6) is 0 Å². The number of nitrogens with zero attached hydrogens (tertiary/aromatic N) is 1. The average Bonchev–Trinajstić information content (AvgIpc) is 2.79. The van der Waals surface area contributed by atoms with Crippen LogP contribution in [-0.4, -0.2) is 43.0 Å². The van der Waals surface area contributed by atoms with Crippen LogP contribution in [0.3, 0.4) is 0 Å². The summed E-state index contributed by atoms with van der Waals surface area (Å²) in [5.41, 5.74) is 0. The molecule has 0 spiro atoms. The predicted octanol–water partition coefficient (Wildman–Crippen LogP) is 0.190. The van der Waals surface area contributed by atoms with Gasteiger partial charge in [-0.05, 0) is 19.1 Å². The number of carbonyl (C=O) groups is 1. The molecular formula is C12H19N3O2. The van der Waals surface area contributed by atoms with Crippen molar-refractivity contribution in [2.45, 2.75) is 19.5 Å². The lowest BCUT2D eigenvalue weighted by Gasteiger charge is -2.31. The normalized spacial score (nSPS) is 21.4. The molecule has 0 saturated carbocycles. The van der Waals surface area contributed by atoms with Gasteiger partial charge in [-0.2, -0.15) is 0 Å². The van der Waals surface area contributed by atoms with Gasteiger partial charge in [0.1, 0.15) is 5.76 Å². The Labute approximate surface area is 101 Å². The first-order chi connectivity index (χ1) is 8.24. The van der Waals surface area contributed by atoms with Crippen LogP contribution in [0.4, 0.5) is 0 Å². The molecule has 2 N–H and O–H groups in total. The summed E-state index contributed by atoms with van der Waals surface area (Å²) in [5, 5.41) is 6.20. The monoisotopic (exact) mass is 237 g/mol. The van der Waals surface area contributed by atoms with E-state index in [0.717, 1.165) is 25.4 Å². The van der Waals surface area contributed by atoms with Gasteiger partial charge in [0.25, 0.3) is 0 Å². The highest BCUT2D eigenvalue weighted by molar-refractivity contribution is 5.77. The van der Waals surface area contributed by atoms with Gasteiger partial charge < -0.3 is 15.1 Å².